The van der Waals surface area contributed by atoms with Crippen molar-refractivity contribution in [3.63, 3.8) is 0 Å². The van der Waals surface area contributed by atoms with E-state index in [9.17, 15) is 9.59 Å². The van der Waals surface area contributed by atoms with Crippen LogP contribution in [-0.2, 0) is 11.2 Å². The molecule has 1 unspecified atom stereocenters. The molecule has 0 aliphatic heterocycles. The number of aryl methyl sites for hydroxylation is 3. The molecule has 0 spiro atoms. The van der Waals surface area contributed by atoms with Crippen molar-refractivity contribution in [3.05, 3.63) is 64.7 Å². The number of carbonyl (C=O) groups excluding carboxylic acids is 2. The van der Waals surface area contributed by atoms with Crippen LogP contribution in [0, 0.1) is 19.8 Å². The lowest BCUT2D eigenvalue weighted by molar-refractivity contribution is -0.107. The highest BCUT2D eigenvalue weighted by Gasteiger charge is 2.13. The molecule has 1 amide bonds. The predicted molar refractivity (Wildman–Crippen MR) is 142 cm³/mol. The number of methoxy groups -OCH3 is 1. The molecule has 0 saturated carbocycles. The van der Waals surface area contributed by atoms with Gasteiger partial charge in [-0.05, 0) is 88.0 Å². The summed E-state index contributed by atoms with van der Waals surface area (Å²) >= 11 is 0. The average Bonchev–Trinajstić information content (AvgIpc) is 2.82. The first kappa shape index (κ1) is 29.4. The maximum atomic E-state index is 12.2. The number of hydrogen-bond donors (Lipinski definition) is 1. The zero-order valence-corrected chi connectivity index (χ0v) is 22.0. The largest absolute Gasteiger partial charge is 0.497 e. The van der Waals surface area contributed by atoms with Gasteiger partial charge in [-0.1, -0.05) is 44.0 Å². The van der Waals surface area contributed by atoms with Crippen LogP contribution >= 0.6 is 0 Å². The smallest absolute Gasteiger partial charge is 0.251 e. The van der Waals surface area contributed by atoms with Crippen LogP contribution in [0.25, 0.3) is 0 Å². The zero-order valence-electron chi connectivity index (χ0n) is 22.0. The van der Waals surface area contributed by atoms with Gasteiger partial charge in [0.1, 0.15) is 12.0 Å². The summed E-state index contributed by atoms with van der Waals surface area (Å²) in [6.07, 6.45) is 5.91. The molecule has 0 radical (unpaired) electrons. The van der Waals surface area contributed by atoms with Crippen molar-refractivity contribution in [1.82, 2.24) is 10.2 Å². The number of ether oxygens (including phenoxy) is 1. The molecule has 2 rings (SSSR count). The van der Waals surface area contributed by atoms with Crippen LogP contribution in [0.5, 0.6) is 5.75 Å². The van der Waals surface area contributed by atoms with Gasteiger partial charge in [-0.2, -0.15) is 0 Å². The number of amides is 1. The van der Waals surface area contributed by atoms with E-state index in [4.69, 9.17) is 4.74 Å². The van der Waals surface area contributed by atoms with Gasteiger partial charge < -0.3 is 19.7 Å². The first-order valence-electron chi connectivity index (χ1n) is 12.4. The Labute approximate surface area is 206 Å². The number of carbonyl (C=O) groups is 2. The summed E-state index contributed by atoms with van der Waals surface area (Å²) in [5.41, 5.74) is 4.53. The standard InChI is InChI=1S/C18H30N2O2.C11H14O/c1-5-7-15(14-20(3)12-6-2)13-19-18(21)16-8-10-17(22-4)11-9-16;1-9-5-6-11(4-3-7-12)10(2)8-9/h8-11,15H,5-7,12-14H2,1-4H3,(H,19,21);5-8H,3-4H2,1-2H3. The summed E-state index contributed by atoms with van der Waals surface area (Å²) in [5.74, 6) is 1.26. The molecule has 0 heterocycles. The molecule has 0 fully saturated rings. The molecule has 1 atom stereocenters. The van der Waals surface area contributed by atoms with E-state index >= 15 is 0 Å². The first-order valence-corrected chi connectivity index (χ1v) is 12.4. The quantitative estimate of drug-likeness (QED) is 0.388. The van der Waals surface area contributed by atoms with E-state index < -0.39 is 0 Å². The molecule has 5 nitrogen and oxygen atoms in total. The molecule has 188 valence electrons. The van der Waals surface area contributed by atoms with Crippen molar-refractivity contribution >= 4 is 12.2 Å². The molecular formula is C29H44N2O3. The van der Waals surface area contributed by atoms with Crippen LogP contribution < -0.4 is 10.1 Å². The second-order valence-corrected chi connectivity index (χ2v) is 8.99. The molecule has 0 saturated heterocycles. The Morgan fingerprint density at radius 2 is 1.79 bits per heavy atom. The number of benzene rings is 2. The lowest BCUT2D eigenvalue weighted by Crippen LogP contribution is -2.35. The molecule has 34 heavy (non-hydrogen) atoms. The van der Waals surface area contributed by atoms with Gasteiger partial charge in [0.25, 0.3) is 5.91 Å². The fraction of sp³-hybridized carbons (Fsp3) is 0.517. The first-order chi connectivity index (χ1) is 16.3. The minimum absolute atomic E-state index is 0.0121. The van der Waals surface area contributed by atoms with Gasteiger partial charge >= 0.3 is 0 Å². The fourth-order valence-electron chi connectivity index (χ4n) is 4.00. The highest BCUT2D eigenvalue weighted by Crippen LogP contribution is 2.13. The van der Waals surface area contributed by atoms with Gasteiger partial charge in [-0.15, -0.1) is 0 Å². The Hall–Kier alpha value is -2.66. The van der Waals surface area contributed by atoms with E-state index in [1.807, 2.05) is 12.1 Å². The van der Waals surface area contributed by atoms with Crippen LogP contribution in [0.3, 0.4) is 0 Å². The van der Waals surface area contributed by atoms with Crippen molar-refractivity contribution in [2.75, 3.05) is 33.8 Å². The minimum Gasteiger partial charge on any atom is -0.497 e. The maximum Gasteiger partial charge on any atom is 0.251 e. The highest BCUT2D eigenvalue weighted by molar-refractivity contribution is 5.94. The SMILES string of the molecule is CCCC(CNC(=O)c1ccc(OC)cc1)CN(C)CCC.Cc1ccc(CCC=O)c(C)c1. The van der Waals surface area contributed by atoms with Crippen molar-refractivity contribution in [1.29, 1.82) is 0 Å². The van der Waals surface area contributed by atoms with E-state index in [-0.39, 0.29) is 5.91 Å². The summed E-state index contributed by atoms with van der Waals surface area (Å²) in [7, 11) is 3.77. The van der Waals surface area contributed by atoms with Crippen LogP contribution in [0.1, 0.15) is 66.6 Å². The number of nitrogens with zero attached hydrogens (tertiary/aromatic N) is 1. The zero-order chi connectivity index (χ0) is 25.3. The van der Waals surface area contributed by atoms with Gasteiger partial charge in [0.05, 0.1) is 7.11 Å². The Bertz CT molecular complexity index is 849. The van der Waals surface area contributed by atoms with Crippen LogP contribution in [0.2, 0.25) is 0 Å². The monoisotopic (exact) mass is 468 g/mol. The lowest BCUT2D eigenvalue weighted by Gasteiger charge is -2.23. The van der Waals surface area contributed by atoms with Gasteiger partial charge in [0.15, 0.2) is 0 Å². The molecule has 1 N–H and O–H groups in total. The van der Waals surface area contributed by atoms with Crippen molar-refractivity contribution in [2.24, 2.45) is 5.92 Å². The van der Waals surface area contributed by atoms with Crippen molar-refractivity contribution in [2.45, 2.75) is 59.8 Å². The van der Waals surface area contributed by atoms with E-state index in [2.05, 4.69) is 63.2 Å². The Morgan fingerprint density at radius 1 is 1.09 bits per heavy atom. The average molecular weight is 469 g/mol. The highest BCUT2D eigenvalue weighted by atomic mass is 16.5. The topological polar surface area (TPSA) is 58.6 Å². The van der Waals surface area contributed by atoms with Crippen molar-refractivity contribution in [3.8, 4) is 5.75 Å². The summed E-state index contributed by atoms with van der Waals surface area (Å²) in [4.78, 5) is 24.7. The second kappa shape index (κ2) is 16.9. The lowest BCUT2D eigenvalue weighted by atomic mass is 10.0. The normalized spacial score (nSPS) is 11.4. The fourth-order valence-corrected chi connectivity index (χ4v) is 4.00. The van der Waals surface area contributed by atoms with Crippen LogP contribution in [-0.4, -0.2) is 50.9 Å². The minimum atomic E-state index is -0.0121. The summed E-state index contributed by atoms with van der Waals surface area (Å²) in [5, 5.41) is 3.06. The van der Waals surface area contributed by atoms with Crippen LogP contribution in [0.15, 0.2) is 42.5 Å². The summed E-state index contributed by atoms with van der Waals surface area (Å²) in [6.45, 7) is 11.4. The van der Waals surface area contributed by atoms with Crippen molar-refractivity contribution < 1.29 is 14.3 Å². The molecule has 0 bridgehead atoms. The van der Waals surface area contributed by atoms with Gasteiger partial charge in [-0.25, -0.2) is 0 Å². The number of nitrogens with one attached hydrogen (secondary N) is 1. The molecule has 0 aromatic heterocycles. The maximum absolute atomic E-state index is 12.2. The van der Waals surface area contributed by atoms with E-state index in [0.29, 0.717) is 17.9 Å². The Kier molecular flexibility index (Phi) is 14.6. The molecule has 2 aromatic rings. The molecule has 0 aliphatic carbocycles. The van der Waals surface area contributed by atoms with E-state index in [1.165, 1.54) is 16.7 Å². The third kappa shape index (κ3) is 11.5. The Morgan fingerprint density at radius 3 is 2.35 bits per heavy atom. The number of rotatable bonds is 13. The summed E-state index contributed by atoms with van der Waals surface area (Å²) in [6, 6.07) is 13.6. The molecule has 5 heteroatoms. The number of aldehydes is 1. The summed E-state index contributed by atoms with van der Waals surface area (Å²) < 4.78 is 5.11. The van der Waals surface area contributed by atoms with E-state index in [1.54, 1.807) is 19.2 Å². The molecule has 2 aromatic carbocycles. The van der Waals surface area contributed by atoms with E-state index in [0.717, 1.165) is 57.4 Å². The van der Waals surface area contributed by atoms with Gasteiger partial charge in [-0.3, -0.25) is 4.79 Å². The second-order valence-electron chi connectivity index (χ2n) is 8.99. The number of hydrogen-bond acceptors (Lipinski definition) is 4. The van der Waals surface area contributed by atoms with Gasteiger partial charge in [0, 0.05) is 25.1 Å². The third-order valence-corrected chi connectivity index (χ3v) is 5.81. The molecular weight excluding hydrogens is 424 g/mol. The third-order valence-electron chi connectivity index (χ3n) is 5.81. The van der Waals surface area contributed by atoms with Gasteiger partial charge in [0.2, 0.25) is 0 Å². The Balaban J connectivity index is 0.000000404. The predicted octanol–water partition coefficient (Wildman–Crippen LogP) is 5.62. The van der Waals surface area contributed by atoms with Crippen LogP contribution in [0.4, 0.5) is 0 Å². The molecule has 0 aliphatic rings.